The molecule has 418 valence electrons. The summed E-state index contributed by atoms with van der Waals surface area (Å²) in [7, 11) is 1.62. The first-order valence-corrected chi connectivity index (χ1v) is 26.9. The van der Waals surface area contributed by atoms with E-state index in [1.54, 1.807) is 45.2 Å². The predicted molar refractivity (Wildman–Crippen MR) is 280 cm³/mol. The molecule has 1 aliphatic carbocycles. The van der Waals surface area contributed by atoms with Gasteiger partial charge in [0.1, 0.15) is 35.5 Å². The number of methoxy groups -OCH3 is 1. The molecule has 11 atom stereocenters. The fourth-order valence-electron chi connectivity index (χ4n) is 10.8. The van der Waals surface area contributed by atoms with Gasteiger partial charge in [0.25, 0.3) is 0 Å². The fourth-order valence-corrected chi connectivity index (χ4v) is 10.8. The Balaban J connectivity index is 1.30. The maximum Gasteiger partial charge on any atom is 0.407 e. The molecule has 74 heavy (non-hydrogen) atoms. The second-order valence-corrected chi connectivity index (χ2v) is 23.4. The Morgan fingerprint density at radius 3 is 2.01 bits per heavy atom. The maximum atomic E-state index is 14.1. The van der Waals surface area contributed by atoms with E-state index in [2.05, 4.69) is 58.0 Å². The number of alkyl carbamates (subject to hydrolysis) is 1. The lowest BCUT2D eigenvalue weighted by atomic mass is 9.64. The lowest BCUT2D eigenvalue weighted by Crippen LogP contribution is -2.57. The number of carbonyl (C=O) groups excluding carboxylic acids is 7. The Hall–Kier alpha value is -4.85. The van der Waals surface area contributed by atoms with Crippen LogP contribution in [-0.2, 0) is 54.1 Å². The number of carbonyl (C=O) groups is 7. The molecular formula is C55H91N7O12. The molecule has 19 nitrogen and oxygen atoms in total. The highest BCUT2D eigenvalue weighted by Crippen LogP contribution is 2.60. The van der Waals surface area contributed by atoms with Gasteiger partial charge in [-0.15, -0.1) is 0 Å². The van der Waals surface area contributed by atoms with Crippen molar-refractivity contribution in [3.05, 3.63) is 35.9 Å². The smallest absolute Gasteiger partial charge is 0.407 e. The van der Waals surface area contributed by atoms with Crippen molar-refractivity contribution in [1.82, 2.24) is 37.2 Å². The summed E-state index contributed by atoms with van der Waals surface area (Å²) in [6.07, 6.45) is 1.97. The zero-order valence-corrected chi connectivity index (χ0v) is 46.6. The van der Waals surface area contributed by atoms with E-state index in [0.717, 1.165) is 24.8 Å². The molecule has 1 aromatic carbocycles. The highest BCUT2D eigenvalue weighted by atomic mass is 16.6. The van der Waals surface area contributed by atoms with Gasteiger partial charge in [0.15, 0.2) is 0 Å². The van der Waals surface area contributed by atoms with Crippen LogP contribution < -0.4 is 37.2 Å². The van der Waals surface area contributed by atoms with Crippen LogP contribution in [0.3, 0.4) is 0 Å². The predicted octanol–water partition coefficient (Wildman–Crippen LogP) is 4.08. The van der Waals surface area contributed by atoms with Crippen molar-refractivity contribution < 1.29 is 57.6 Å². The third-order valence-corrected chi connectivity index (χ3v) is 15.1. The first-order chi connectivity index (χ1) is 34.7. The second kappa shape index (κ2) is 27.3. The van der Waals surface area contributed by atoms with Gasteiger partial charge in [0.05, 0.1) is 37.8 Å². The minimum Gasteiger partial charge on any atom is -0.443 e. The zero-order chi connectivity index (χ0) is 55.2. The molecule has 1 spiro atoms. The van der Waals surface area contributed by atoms with E-state index in [9.17, 15) is 38.7 Å². The second-order valence-electron chi connectivity index (χ2n) is 23.4. The maximum absolute atomic E-state index is 14.1. The number of nitrogens with one attached hydrogen (secondary N) is 7. The van der Waals surface area contributed by atoms with Crippen LogP contribution >= 0.6 is 0 Å². The molecule has 8 N–H and O–H groups in total. The van der Waals surface area contributed by atoms with Gasteiger partial charge < -0.3 is 61.3 Å². The van der Waals surface area contributed by atoms with Gasteiger partial charge in [-0.2, -0.15) is 0 Å². The minimum absolute atomic E-state index is 0.0505. The van der Waals surface area contributed by atoms with Gasteiger partial charge in [-0.1, -0.05) is 99.6 Å². The third-order valence-electron chi connectivity index (χ3n) is 15.1. The van der Waals surface area contributed by atoms with E-state index >= 15 is 0 Å². The molecule has 2 aliphatic heterocycles. The number of aliphatic hydroxyl groups is 1. The molecule has 2 saturated heterocycles. The Morgan fingerprint density at radius 2 is 1.43 bits per heavy atom. The largest absolute Gasteiger partial charge is 0.443 e. The number of hydrogen-bond donors (Lipinski definition) is 8. The lowest BCUT2D eigenvalue weighted by Gasteiger charge is -2.42. The van der Waals surface area contributed by atoms with E-state index in [-0.39, 0.29) is 80.2 Å². The summed E-state index contributed by atoms with van der Waals surface area (Å²) in [5.74, 6) is -2.83. The Bertz CT molecular complexity index is 2050. The molecule has 7 amide bonds. The molecule has 3 fully saturated rings. The summed E-state index contributed by atoms with van der Waals surface area (Å²) in [6.45, 7) is 23.1. The standard InChI is InChI=1S/C55H91N7O12/c1-33(2)19-20-42-54(12,74-42)46-45(71-13)41(21-22-55(46)32-72-55)73-51(70)57-24-23-56-43(64)29-58-47(66)39(25-34(3)4)62-48(67)40(26-38-17-15-14-16-18-38)61-44(65)30-60-50(69)53(11,36(7)8)31-52(10,27-35(5)6)49(68)59-28-37(9)63/h14-18,33-37,39-42,45-46,63H,19-32H2,1-13H3,(H,56,64)(H,57,70)(H,58,66)(H,59,68)(H,60,69)(H,61,65)(H,62,67)/t37?,39-,40-,41?,42+,45?,46?,52?,53?,54-,55-/m0/s1. The number of ether oxygens (including phenoxy) is 4. The number of hydrogen-bond acceptors (Lipinski definition) is 12. The summed E-state index contributed by atoms with van der Waals surface area (Å²) in [4.78, 5) is 94.8. The Labute approximate surface area is 440 Å². The van der Waals surface area contributed by atoms with Crippen LogP contribution in [0, 0.1) is 40.4 Å². The van der Waals surface area contributed by atoms with E-state index in [4.69, 9.17) is 18.9 Å². The molecule has 3 aliphatic rings. The van der Waals surface area contributed by atoms with Gasteiger partial charge in [0.2, 0.25) is 35.4 Å². The first kappa shape index (κ1) is 61.7. The van der Waals surface area contributed by atoms with Crippen LogP contribution in [0.4, 0.5) is 4.79 Å². The number of aliphatic hydroxyl groups excluding tert-OH is 1. The monoisotopic (exact) mass is 1040 g/mol. The molecule has 4 rings (SSSR count). The quantitative estimate of drug-likeness (QED) is 0.0401. The number of rotatable bonds is 30. The normalized spacial score (nSPS) is 24.9. The Morgan fingerprint density at radius 1 is 0.784 bits per heavy atom. The summed E-state index contributed by atoms with van der Waals surface area (Å²) in [5.41, 5.74) is -2.10. The van der Waals surface area contributed by atoms with Crippen molar-refractivity contribution in [3.63, 3.8) is 0 Å². The topological polar surface area (TPSA) is 267 Å². The van der Waals surface area contributed by atoms with Crippen molar-refractivity contribution >= 4 is 41.5 Å². The average molecular weight is 1040 g/mol. The van der Waals surface area contributed by atoms with Crippen LogP contribution in [-0.4, -0.2) is 141 Å². The van der Waals surface area contributed by atoms with Crippen LogP contribution in [0.5, 0.6) is 0 Å². The van der Waals surface area contributed by atoms with Crippen LogP contribution in [0.15, 0.2) is 30.3 Å². The van der Waals surface area contributed by atoms with Gasteiger partial charge in [-0.05, 0) is 88.0 Å². The molecule has 6 unspecified atom stereocenters. The van der Waals surface area contributed by atoms with Gasteiger partial charge in [-0.3, -0.25) is 28.8 Å². The van der Waals surface area contributed by atoms with Crippen molar-refractivity contribution in [2.24, 2.45) is 40.4 Å². The van der Waals surface area contributed by atoms with Crippen LogP contribution in [0.1, 0.15) is 134 Å². The first-order valence-electron chi connectivity index (χ1n) is 26.9. The molecular weight excluding hydrogens is 951 g/mol. The highest BCUT2D eigenvalue weighted by Gasteiger charge is 2.72. The van der Waals surface area contributed by atoms with Crippen molar-refractivity contribution in [3.8, 4) is 0 Å². The highest BCUT2D eigenvalue weighted by molar-refractivity contribution is 5.95. The molecule has 0 radical (unpaired) electrons. The Kier molecular flexibility index (Phi) is 22.7. The summed E-state index contributed by atoms with van der Waals surface area (Å²) in [5, 5.41) is 28.9. The number of benzene rings is 1. The molecule has 0 aromatic heterocycles. The average Bonchev–Trinajstić information content (AvgIpc) is 4.25. The zero-order valence-electron chi connectivity index (χ0n) is 46.6. The van der Waals surface area contributed by atoms with Gasteiger partial charge >= 0.3 is 6.09 Å². The molecule has 1 aromatic rings. The summed E-state index contributed by atoms with van der Waals surface area (Å²) >= 11 is 0. The van der Waals surface area contributed by atoms with E-state index in [1.165, 1.54) is 0 Å². The SMILES string of the molecule is COC1C(OC(=O)NCCNC(=O)CNC(=O)[C@H](CC(C)C)NC(=O)[C@H](Cc2ccccc2)NC(=O)CNC(=O)C(C)(CC(C)(CC(C)C)C(=O)NCC(C)O)C(C)C)CC[C@]2(CO2)C1[C@@]1(C)O[C@@H]1CCC(C)C. The van der Waals surface area contributed by atoms with E-state index < -0.39 is 95.5 Å². The number of amides is 7. The fraction of sp³-hybridized carbons (Fsp3) is 0.764. The number of epoxide rings is 2. The van der Waals surface area contributed by atoms with Crippen molar-refractivity contribution in [1.29, 1.82) is 0 Å². The minimum atomic E-state index is -1.15. The summed E-state index contributed by atoms with van der Waals surface area (Å²) < 4.78 is 24.2. The molecule has 0 bridgehead atoms. The van der Waals surface area contributed by atoms with Crippen molar-refractivity contribution in [2.75, 3.05) is 46.4 Å². The van der Waals surface area contributed by atoms with Gasteiger partial charge in [0, 0.05) is 44.0 Å². The van der Waals surface area contributed by atoms with Crippen molar-refractivity contribution in [2.45, 2.75) is 182 Å². The lowest BCUT2D eigenvalue weighted by molar-refractivity contribution is -0.142. The molecule has 19 heteroatoms. The van der Waals surface area contributed by atoms with Gasteiger partial charge in [-0.25, -0.2) is 4.79 Å². The third kappa shape index (κ3) is 17.6. The van der Waals surface area contributed by atoms with Crippen LogP contribution in [0.25, 0.3) is 0 Å². The molecule has 2 heterocycles. The summed E-state index contributed by atoms with van der Waals surface area (Å²) in [6, 6.07) is 6.81. The molecule has 1 saturated carbocycles. The van der Waals surface area contributed by atoms with E-state index in [1.807, 2.05) is 54.5 Å². The van der Waals surface area contributed by atoms with E-state index in [0.29, 0.717) is 25.4 Å². The van der Waals surface area contributed by atoms with Crippen LogP contribution in [0.2, 0.25) is 0 Å².